The van der Waals surface area contributed by atoms with E-state index >= 15 is 0 Å². The summed E-state index contributed by atoms with van der Waals surface area (Å²) in [5, 5.41) is 0.330. The first-order valence-corrected chi connectivity index (χ1v) is 10.7. The summed E-state index contributed by atoms with van der Waals surface area (Å²) in [6.07, 6.45) is 1.25. The quantitative estimate of drug-likeness (QED) is 0.209. The molecule has 0 saturated heterocycles. The second kappa shape index (κ2) is 8.16. The Labute approximate surface area is 182 Å². The average Bonchev–Trinajstić information content (AvgIpc) is 3.30. The number of furan rings is 1. The number of nitrogen functional groups attached to an aromatic ring is 1. The van der Waals surface area contributed by atoms with Crippen LogP contribution in [-0.4, -0.2) is 25.3 Å². The standard InChI is InChI=1S/C22H16N2O7S/c1-13-8-9-15(23)20(11-13)32(27,28)31-19-12-17(24-16-6-3-2-5-14(16)19)21(25)30-22(26)18-7-4-10-29-18/h2-12H,23H2,1H3. The molecule has 0 spiro atoms. The number of fused-ring (bicyclic) bond motifs is 1. The Balaban J connectivity index is 1.73. The van der Waals surface area contributed by atoms with Gasteiger partial charge in [0.05, 0.1) is 17.5 Å². The maximum Gasteiger partial charge on any atom is 0.382 e. The summed E-state index contributed by atoms with van der Waals surface area (Å²) in [6.45, 7) is 1.71. The zero-order valence-corrected chi connectivity index (χ0v) is 17.5. The van der Waals surface area contributed by atoms with E-state index in [1.165, 1.54) is 30.5 Å². The monoisotopic (exact) mass is 452 g/mol. The molecule has 0 radical (unpaired) electrons. The van der Waals surface area contributed by atoms with E-state index in [-0.39, 0.29) is 33.3 Å². The van der Waals surface area contributed by atoms with Gasteiger partial charge in [0.2, 0.25) is 5.76 Å². The van der Waals surface area contributed by atoms with E-state index in [2.05, 4.69) is 4.98 Å². The number of para-hydroxylation sites is 1. The number of aryl methyl sites for hydroxylation is 1. The first-order valence-electron chi connectivity index (χ1n) is 9.25. The first kappa shape index (κ1) is 21.1. The van der Waals surface area contributed by atoms with E-state index < -0.39 is 22.1 Å². The van der Waals surface area contributed by atoms with Crippen molar-refractivity contribution in [1.29, 1.82) is 0 Å². The van der Waals surface area contributed by atoms with Gasteiger partial charge in [0.25, 0.3) is 0 Å². The molecule has 0 aliphatic rings. The topological polar surface area (TPSA) is 139 Å². The van der Waals surface area contributed by atoms with Crippen LogP contribution in [0.2, 0.25) is 0 Å². The zero-order valence-electron chi connectivity index (χ0n) is 16.6. The highest BCUT2D eigenvalue weighted by atomic mass is 32.2. The Morgan fingerprint density at radius 1 is 1.00 bits per heavy atom. The van der Waals surface area contributed by atoms with Crippen molar-refractivity contribution in [1.82, 2.24) is 4.98 Å². The maximum absolute atomic E-state index is 12.9. The molecule has 0 unspecified atom stereocenters. The third-order valence-electron chi connectivity index (χ3n) is 4.43. The Morgan fingerprint density at radius 3 is 2.53 bits per heavy atom. The van der Waals surface area contributed by atoms with Gasteiger partial charge in [-0.1, -0.05) is 18.2 Å². The van der Waals surface area contributed by atoms with Crippen molar-refractivity contribution >= 4 is 38.6 Å². The Kier molecular flexibility index (Phi) is 5.37. The molecule has 0 atom stereocenters. The van der Waals surface area contributed by atoms with Crippen molar-refractivity contribution in [3.05, 3.63) is 83.9 Å². The number of nitrogens with two attached hydrogens (primary N) is 1. The van der Waals surface area contributed by atoms with Crippen LogP contribution in [0, 0.1) is 6.92 Å². The molecule has 0 aliphatic heterocycles. The largest absolute Gasteiger partial charge is 0.457 e. The predicted molar refractivity (Wildman–Crippen MR) is 114 cm³/mol. The number of anilines is 1. The van der Waals surface area contributed by atoms with Gasteiger partial charge in [-0.05, 0) is 48.9 Å². The molecule has 4 aromatic rings. The van der Waals surface area contributed by atoms with Gasteiger partial charge in [-0.25, -0.2) is 14.6 Å². The number of carbonyl (C=O) groups excluding carboxylic acids is 2. The lowest BCUT2D eigenvalue weighted by molar-refractivity contribution is 0.0371. The smallest absolute Gasteiger partial charge is 0.382 e. The second-order valence-electron chi connectivity index (χ2n) is 6.76. The maximum atomic E-state index is 12.9. The van der Waals surface area contributed by atoms with Gasteiger partial charge in [0.1, 0.15) is 4.90 Å². The summed E-state index contributed by atoms with van der Waals surface area (Å²) >= 11 is 0. The lowest BCUT2D eigenvalue weighted by Gasteiger charge is -2.12. The van der Waals surface area contributed by atoms with E-state index in [0.29, 0.717) is 10.9 Å². The molecule has 0 fully saturated rings. The first-order chi connectivity index (χ1) is 15.2. The molecule has 162 valence electrons. The van der Waals surface area contributed by atoms with Crippen LogP contribution in [0.4, 0.5) is 5.69 Å². The number of nitrogens with zero attached hydrogens (tertiary/aromatic N) is 1. The van der Waals surface area contributed by atoms with Crippen LogP contribution in [0.5, 0.6) is 5.75 Å². The normalized spacial score (nSPS) is 11.3. The number of benzene rings is 2. The van der Waals surface area contributed by atoms with Crippen LogP contribution < -0.4 is 9.92 Å². The van der Waals surface area contributed by atoms with Crippen molar-refractivity contribution in [3.8, 4) is 5.75 Å². The average molecular weight is 452 g/mol. The van der Waals surface area contributed by atoms with Crippen molar-refractivity contribution in [3.63, 3.8) is 0 Å². The molecule has 0 bridgehead atoms. The Bertz CT molecular complexity index is 1440. The number of carbonyl (C=O) groups is 2. The van der Waals surface area contributed by atoms with Gasteiger partial charge >= 0.3 is 22.1 Å². The van der Waals surface area contributed by atoms with Crippen LogP contribution in [-0.2, 0) is 14.9 Å². The third kappa shape index (κ3) is 4.16. The van der Waals surface area contributed by atoms with Gasteiger partial charge in [-0.15, -0.1) is 0 Å². The highest BCUT2D eigenvalue weighted by molar-refractivity contribution is 7.87. The van der Waals surface area contributed by atoms with Gasteiger partial charge in [-0.2, -0.15) is 8.42 Å². The van der Waals surface area contributed by atoms with Crippen LogP contribution in [0.3, 0.4) is 0 Å². The van der Waals surface area contributed by atoms with Crippen LogP contribution >= 0.6 is 0 Å². The summed E-state index contributed by atoms with van der Waals surface area (Å²) in [5.41, 5.74) is 6.44. The molecule has 9 nitrogen and oxygen atoms in total. The number of esters is 2. The summed E-state index contributed by atoms with van der Waals surface area (Å²) in [4.78, 5) is 28.5. The molecular formula is C22H16N2O7S. The lowest BCUT2D eigenvalue weighted by Crippen LogP contribution is -2.16. The van der Waals surface area contributed by atoms with Crippen molar-refractivity contribution < 1.29 is 31.3 Å². The molecule has 32 heavy (non-hydrogen) atoms. The van der Waals surface area contributed by atoms with E-state index in [1.54, 1.807) is 37.3 Å². The fraction of sp³-hybridized carbons (Fsp3) is 0.0455. The molecule has 2 heterocycles. The highest BCUT2D eigenvalue weighted by Gasteiger charge is 2.24. The fourth-order valence-electron chi connectivity index (χ4n) is 2.92. The molecule has 2 aromatic carbocycles. The number of ether oxygens (including phenoxy) is 1. The predicted octanol–water partition coefficient (Wildman–Crippen LogP) is 3.48. The van der Waals surface area contributed by atoms with E-state index in [4.69, 9.17) is 19.1 Å². The molecule has 2 aromatic heterocycles. The molecule has 2 N–H and O–H groups in total. The Hall–Kier alpha value is -4.18. The number of pyridine rings is 1. The summed E-state index contributed by atoms with van der Waals surface area (Å²) in [6, 6.07) is 14.8. The fourth-order valence-corrected chi connectivity index (χ4v) is 4.07. The van der Waals surface area contributed by atoms with Gasteiger partial charge in [0, 0.05) is 11.5 Å². The van der Waals surface area contributed by atoms with E-state index in [1.807, 2.05) is 0 Å². The lowest BCUT2D eigenvalue weighted by atomic mass is 10.2. The van der Waals surface area contributed by atoms with Gasteiger partial charge in [0.15, 0.2) is 11.4 Å². The van der Waals surface area contributed by atoms with Gasteiger partial charge in [-0.3, -0.25) is 0 Å². The molecule has 0 aliphatic carbocycles. The zero-order chi connectivity index (χ0) is 22.9. The molecular weight excluding hydrogens is 436 g/mol. The summed E-state index contributed by atoms with van der Waals surface area (Å²) in [5.74, 6) is -2.46. The van der Waals surface area contributed by atoms with Crippen LogP contribution in [0.25, 0.3) is 10.9 Å². The van der Waals surface area contributed by atoms with Gasteiger partial charge < -0.3 is 19.1 Å². The number of aromatic nitrogens is 1. The molecule has 10 heteroatoms. The van der Waals surface area contributed by atoms with Crippen molar-refractivity contribution in [2.45, 2.75) is 11.8 Å². The van der Waals surface area contributed by atoms with Crippen LogP contribution in [0.15, 0.2) is 76.2 Å². The van der Waals surface area contributed by atoms with Crippen LogP contribution in [0.1, 0.15) is 26.6 Å². The molecule has 0 saturated carbocycles. The number of rotatable bonds is 5. The summed E-state index contributed by atoms with van der Waals surface area (Å²) < 4.78 is 40.9. The van der Waals surface area contributed by atoms with Crippen molar-refractivity contribution in [2.24, 2.45) is 0 Å². The minimum atomic E-state index is -4.35. The Morgan fingerprint density at radius 2 is 1.78 bits per heavy atom. The molecule has 4 rings (SSSR count). The SMILES string of the molecule is Cc1ccc(N)c(S(=O)(=O)Oc2cc(C(=O)OC(=O)c3ccco3)nc3ccccc23)c1. The highest BCUT2D eigenvalue weighted by Crippen LogP contribution is 2.30. The third-order valence-corrected chi connectivity index (χ3v) is 5.72. The second-order valence-corrected chi connectivity index (χ2v) is 8.27. The van der Waals surface area contributed by atoms with Crippen molar-refractivity contribution in [2.75, 3.05) is 5.73 Å². The number of hydrogen-bond acceptors (Lipinski definition) is 9. The summed E-state index contributed by atoms with van der Waals surface area (Å²) in [7, 11) is -4.35. The van der Waals surface area contributed by atoms with E-state index in [9.17, 15) is 18.0 Å². The minimum Gasteiger partial charge on any atom is -0.457 e. The van der Waals surface area contributed by atoms with E-state index in [0.717, 1.165) is 6.07 Å². The minimum absolute atomic E-state index is 0.0117. The molecule has 0 amide bonds. The number of hydrogen-bond donors (Lipinski definition) is 1.